The summed E-state index contributed by atoms with van der Waals surface area (Å²) in [6.45, 7) is 4.64. The number of carbonyl (C=O) groups excluding carboxylic acids is 2. The number of hydrogen-bond donors (Lipinski definition) is 2. The van der Waals surface area contributed by atoms with E-state index >= 15 is 0 Å². The smallest absolute Gasteiger partial charge is 0.313 e. The van der Waals surface area contributed by atoms with Crippen LogP contribution in [0.4, 0.5) is 11.5 Å². The van der Waals surface area contributed by atoms with Crippen molar-refractivity contribution < 1.29 is 9.59 Å². The van der Waals surface area contributed by atoms with E-state index < -0.39 is 11.8 Å². The van der Waals surface area contributed by atoms with Crippen molar-refractivity contribution in [1.29, 1.82) is 0 Å². The summed E-state index contributed by atoms with van der Waals surface area (Å²) in [6, 6.07) is 1.95. The van der Waals surface area contributed by atoms with Gasteiger partial charge in [0.05, 0.1) is 11.9 Å². The predicted molar refractivity (Wildman–Crippen MR) is 97.9 cm³/mol. The van der Waals surface area contributed by atoms with E-state index in [0.717, 1.165) is 18.4 Å². The fourth-order valence-corrected chi connectivity index (χ4v) is 4.21. The van der Waals surface area contributed by atoms with Gasteiger partial charge in [-0.1, -0.05) is 19.8 Å². The lowest BCUT2D eigenvalue weighted by Gasteiger charge is -2.41. The lowest BCUT2D eigenvalue weighted by atomic mass is 9.85. The van der Waals surface area contributed by atoms with Gasteiger partial charge in [0.15, 0.2) is 0 Å². The van der Waals surface area contributed by atoms with Gasteiger partial charge in [-0.25, -0.2) is 4.98 Å². The van der Waals surface area contributed by atoms with Crippen LogP contribution in [-0.2, 0) is 9.59 Å². The van der Waals surface area contributed by atoms with Gasteiger partial charge in [0.25, 0.3) is 0 Å². The maximum absolute atomic E-state index is 12.8. The zero-order chi connectivity index (χ0) is 18.0. The van der Waals surface area contributed by atoms with Crippen molar-refractivity contribution in [3.8, 4) is 0 Å². The van der Waals surface area contributed by atoms with Crippen LogP contribution in [0.1, 0.15) is 51.0 Å². The molecule has 2 aliphatic rings. The van der Waals surface area contributed by atoms with Crippen LogP contribution < -0.4 is 11.1 Å². The molecule has 136 valence electrons. The van der Waals surface area contributed by atoms with Crippen LogP contribution in [0.2, 0.25) is 0 Å². The van der Waals surface area contributed by atoms with Gasteiger partial charge in [-0.05, 0) is 56.1 Å². The van der Waals surface area contributed by atoms with E-state index in [1.165, 1.54) is 31.9 Å². The minimum atomic E-state index is -0.580. The maximum atomic E-state index is 12.8. The number of anilines is 2. The van der Waals surface area contributed by atoms with Crippen molar-refractivity contribution in [2.45, 2.75) is 58.4 Å². The SMILES string of the molecule is Cc1cc(NC(=O)C(=O)N2CC(C)CCC2C2CCCC2)cnc1N. The third-order valence-electron chi connectivity index (χ3n) is 5.64. The van der Waals surface area contributed by atoms with Crippen LogP contribution in [0.25, 0.3) is 0 Å². The van der Waals surface area contributed by atoms with Crippen molar-refractivity contribution in [1.82, 2.24) is 9.88 Å². The molecule has 1 saturated carbocycles. The summed E-state index contributed by atoms with van der Waals surface area (Å²) in [5, 5.41) is 2.68. The highest BCUT2D eigenvalue weighted by Crippen LogP contribution is 2.36. The first-order chi connectivity index (χ1) is 12.0. The summed E-state index contributed by atoms with van der Waals surface area (Å²) in [6.07, 6.45) is 8.45. The first-order valence-corrected chi connectivity index (χ1v) is 9.29. The Morgan fingerprint density at radius 1 is 1.24 bits per heavy atom. The van der Waals surface area contributed by atoms with Crippen molar-refractivity contribution in [2.24, 2.45) is 11.8 Å². The second-order valence-electron chi connectivity index (χ2n) is 7.63. The standard InChI is InChI=1S/C19H28N4O2/c1-12-7-8-16(14-5-3-4-6-14)23(11-12)19(25)18(24)22-15-9-13(2)17(20)21-10-15/h9-10,12,14,16H,3-8,11H2,1-2H3,(H2,20,21)(H,22,24). The van der Waals surface area contributed by atoms with Crippen LogP contribution in [0.5, 0.6) is 0 Å². The Labute approximate surface area is 149 Å². The molecule has 1 aliphatic heterocycles. The van der Waals surface area contributed by atoms with Crippen molar-refractivity contribution >= 4 is 23.3 Å². The van der Waals surface area contributed by atoms with E-state index in [0.29, 0.717) is 29.9 Å². The molecule has 2 atom stereocenters. The number of carbonyl (C=O) groups is 2. The topological polar surface area (TPSA) is 88.3 Å². The number of hydrogen-bond acceptors (Lipinski definition) is 4. The van der Waals surface area contributed by atoms with Gasteiger partial charge in [0, 0.05) is 12.6 Å². The third-order valence-corrected chi connectivity index (χ3v) is 5.64. The Hall–Kier alpha value is -2.11. The highest BCUT2D eigenvalue weighted by atomic mass is 16.2. The van der Waals surface area contributed by atoms with Gasteiger partial charge in [0.2, 0.25) is 0 Å². The first-order valence-electron chi connectivity index (χ1n) is 9.29. The van der Waals surface area contributed by atoms with Crippen molar-refractivity contribution in [3.05, 3.63) is 17.8 Å². The molecule has 3 N–H and O–H groups in total. The van der Waals surface area contributed by atoms with Gasteiger partial charge in [-0.2, -0.15) is 0 Å². The largest absolute Gasteiger partial charge is 0.383 e. The molecule has 0 spiro atoms. The average Bonchev–Trinajstić information content (AvgIpc) is 3.11. The number of nitrogens with zero attached hydrogens (tertiary/aromatic N) is 2. The maximum Gasteiger partial charge on any atom is 0.313 e. The number of amides is 2. The summed E-state index contributed by atoms with van der Waals surface area (Å²) >= 11 is 0. The molecule has 2 fully saturated rings. The fourth-order valence-electron chi connectivity index (χ4n) is 4.21. The molecular formula is C19H28N4O2. The normalized spacial score (nSPS) is 24.3. The molecule has 1 saturated heterocycles. The Morgan fingerprint density at radius 2 is 1.96 bits per heavy atom. The van der Waals surface area contributed by atoms with Crippen LogP contribution in [0.3, 0.4) is 0 Å². The van der Waals surface area contributed by atoms with Crippen molar-refractivity contribution in [3.63, 3.8) is 0 Å². The Kier molecular flexibility index (Phi) is 5.25. The fraction of sp³-hybridized carbons (Fsp3) is 0.632. The number of likely N-dealkylation sites (tertiary alicyclic amines) is 1. The summed E-state index contributed by atoms with van der Waals surface area (Å²) < 4.78 is 0. The molecule has 2 heterocycles. The molecule has 1 aliphatic carbocycles. The highest BCUT2D eigenvalue weighted by molar-refractivity contribution is 6.39. The number of aryl methyl sites for hydroxylation is 1. The number of nitrogens with one attached hydrogen (secondary N) is 1. The Morgan fingerprint density at radius 3 is 2.64 bits per heavy atom. The Balaban J connectivity index is 1.71. The van der Waals surface area contributed by atoms with Crippen LogP contribution in [0, 0.1) is 18.8 Å². The minimum Gasteiger partial charge on any atom is -0.383 e. The van der Waals surface area contributed by atoms with Gasteiger partial charge < -0.3 is 16.0 Å². The zero-order valence-corrected chi connectivity index (χ0v) is 15.1. The van der Waals surface area contributed by atoms with Crippen LogP contribution in [0.15, 0.2) is 12.3 Å². The first kappa shape index (κ1) is 17.7. The van der Waals surface area contributed by atoms with Crippen molar-refractivity contribution in [2.75, 3.05) is 17.6 Å². The van der Waals surface area contributed by atoms with E-state index in [1.807, 2.05) is 11.8 Å². The number of nitrogen functional groups attached to an aromatic ring is 1. The summed E-state index contributed by atoms with van der Waals surface area (Å²) in [4.78, 5) is 31.2. The molecule has 1 aromatic rings. The Bertz CT molecular complexity index is 655. The molecule has 1 aromatic heterocycles. The van der Waals surface area contributed by atoms with Gasteiger partial charge in [0.1, 0.15) is 5.82 Å². The second-order valence-corrected chi connectivity index (χ2v) is 7.63. The molecule has 25 heavy (non-hydrogen) atoms. The number of rotatable bonds is 2. The number of aromatic nitrogens is 1. The molecule has 6 heteroatoms. The second kappa shape index (κ2) is 7.42. The summed E-state index contributed by atoms with van der Waals surface area (Å²) in [5.41, 5.74) is 6.99. The van der Waals surface area contributed by atoms with E-state index in [9.17, 15) is 9.59 Å². The molecule has 3 rings (SSSR count). The van der Waals surface area contributed by atoms with Crippen LogP contribution >= 0.6 is 0 Å². The van der Waals surface area contributed by atoms with Gasteiger partial charge in [-0.3, -0.25) is 9.59 Å². The highest BCUT2D eigenvalue weighted by Gasteiger charge is 2.38. The number of pyridine rings is 1. The average molecular weight is 344 g/mol. The van der Waals surface area contributed by atoms with Gasteiger partial charge in [-0.15, -0.1) is 0 Å². The number of nitrogens with two attached hydrogens (primary N) is 1. The summed E-state index contributed by atoms with van der Waals surface area (Å²) in [7, 11) is 0. The molecule has 0 aromatic carbocycles. The molecule has 0 bridgehead atoms. The minimum absolute atomic E-state index is 0.211. The molecule has 2 unspecified atom stereocenters. The quantitative estimate of drug-likeness (QED) is 0.808. The predicted octanol–water partition coefficient (Wildman–Crippen LogP) is 2.73. The lowest BCUT2D eigenvalue weighted by molar-refractivity contribution is -0.147. The zero-order valence-electron chi connectivity index (χ0n) is 15.1. The number of piperidine rings is 1. The van der Waals surface area contributed by atoms with E-state index in [-0.39, 0.29) is 6.04 Å². The van der Waals surface area contributed by atoms with E-state index in [2.05, 4.69) is 17.2 Å². The van der Waals surface area contributed by atoms with E-state index in [1.54, 1.807) is 6.07 Å². The monoisotopic (exact) mass is 344 g/mol. The van der Waals surface area contributed by atoms with E-state index in [4.69, 9.17) is 5.73 Å². The molecular weight excluding hydrogens is 316 g/mol. The van der Waals surface area contributed by atoms with Crippen LogP contribution in [-0.4, -0.2) is 34.3 Å². The molecule has 0 radical (unpaired) electrons. The molecule has 6 nitrogen and oxygen atoms in total. The third kappa shape index (κ3) is 3.94. The van der Waals surface area contributed by atoms with Gasteiger partial charge >= 0.3 is 11.8 Å². The lowest BCUT2D eigenvalue weighted by Crippen LogP contribution is -2.52. The molecule has 2 amide bonds. The summed E-state index contributed by atoms with van der Waals surface area (Å²) in [5.74, 6) is 0.413.